The Balaban J connectivity index is 2.02. The molecule has 7 heteroatoms. The van der Waals surface area contributed by atoms with E-state index in [4.69, 9.17) is 4.74 Å². The fourth-order valence-corrected chi connectivity index (χ4v) is 3.88. The summed E-state index contributed by atoms with van der Waals surface area (Å²) in [6.07, 6.45) is 0. The molecule has 2 aromatic rings. The van der Waals surface area contributed by atoms with Crippen LogP contribution >= 0.6 is 0 Å². The van der Waals surface area contributed by atoms with Gasteiger partial charge < -0.3 is 9.64 Å². The molecule has 0 fully saturated rings. The lowest BCUT2D eigenvalue weighted by atomic mass is 10.1. The summed E-state index contributed by atoms with van der Waals surface area (Å²) >= 11 is 0. The summed E-state index contributed by atoms with van der Waals surface area (Å²) in [6.45, 7) is 6.48. The van der Waals surface area contributed by atoms with Gasteiger partial charge in [-0.1, -0.05) is 18.2 Å². The van der Waals surface area contributed by atoms with Gasteiger partial charge in [0, 0.05) is 20.6 Å². The van der Waals surface area contributed by atoms with Gasteiger partial charge in [-0.3, -0.25) is 4.79 Å². The second kappa shape index (κ2) is 9.21. The van der Waals surface area contributed by atoms with Gasteiger partial charge in [-0.25, -0.2) is 8.42 Å². The third kappa shape index (κ3) is 5.33. The third-order valence-electron chi connectivity index (χ3n) is 4.62. The topological polar surface area (TPSA) is 66.9 Å². The molecule has 0 spiro atoms. The van der Waals surface area contributed by atoms with Gasteiger partial charge in [-0.15, -0.1) is 0 Å². The molecule has 0 N–H and O–H groups in total. The minimum Gasteiger partial charge on any atom is -0.494 e. The van der Waals surface area contributed by atoms with E-state index in [2.05, 4.69) is 0 Å². The van der Waals surface area contributed by atoms with Crippen molar-refractivity contribution in [2.24, 2.45) is 0 Å². The zero-order chi connectivity index (χ0) is 20.9. The maximum atomic E-state index is 12.8. The molecule has 0 saturated carbocycles. The van der Waals surface area contributed by atoms with Gasteiger partial charge in [0.05, 0.1) is 18.0 Å². The van der Waals surface area contributed by atoms with Crippen LogP contribution < -0.4 is 4.74 Å². The smallest absolute Gasteiger partial charge is 0.243 e. The molecule has 0 aliphatic heterocycles. The first-order valence-corrected chi connectivity index (χ1v) is 10.6. The van der Waals surface area contributed by atoms with E-state index in [9.17, 15) is 13.2 Å². The lowest BCUT2D eigenvalue weighted by Crippen LogP contribution is -2.39. The highest BCUT2D eigenvalue weighted by molar-refractivity contribution is 7.89. The quantitative estimate of drug-likeness (QED) is 0.678. The Morgan fingerprint density at radius 1 is 1.00 bits per heavy atom. The van der Waals surface area contributed by atoms with E-state index in [0.717, 1.165) is 26.7 Å². The summed E-state index contributed by atoms with van der Waals surface area (Å²) in [5, 5.41) is 0. The standard InChI is InChI=1S/C21H28N2O4S/c1-6-27-19-10-8-18(9-11-19)14-22(4)21(24)15-23(5)28(25,26)20-12-7-16(2)17(3)13-20/h7-13H,6,14-15H2,1-5H3. The molecule has 2 aromatic carbocycles. The van der Waals surface area contributed by atoms with E-state index in [1.807, 2.05) is 45.0 Å². The predicted octanol–water partition coefficient (Wildman–Crippen LogP) is 2.98. The predicted molar refractivity (Wildman–Crippen MR) is 110 cm³/mol. The first-order valence-electron chi connectivity index (χ1n) is 9.14. The second-order valence-corrected chi connectivity index (χ2v) is 8.88. The van der Waals surface area contributed by atoms with Crippen molar-refractivity contribution in [2.45, 2.75) is 32.2 Å². The maximum absolute atomic E-state index is 12.8. The summed E-state index contributed by atoms with van der Waals surface area (Å²) in [5.74, 6) is 0.503. The molecular formula is C21H28N2O4S. The van der Waals surface area contributed by atoms with Crippen LogP contribution in [0.1, 0.15) is 23.6 Å². The van der Waals surface area contributed by atoms with Crippen molar-refractivity contribution in [1.29, 1.82) is 0 Å². The number of likely N-dealkylation sites (N-methyl/N-ethyl adjacent to an activating group) is 2. The Labute approximate surface area is 167 Å². The molecule has 1 amide bonds. The number of rotatable bonds is 8. The van der Waals surface area contributed by atoms with Crippen LogP contribution in [0.15, 0.2) is 47.4 Å². The van der Waals surface area contributed by atoms with Crippen LogP contribution in [-0.2, 0) is 21.4 Å². The number of ether oxygens (including phenoxy) is 1. The van der Waals surface area contributed by atoms with E-state index in [0.29, 0.717) is 13.2 Å². The highest BCUT2D eigenvalue weighted by Crippen LogP contribution is 2.18. The second-order valence-electron chi connectivity index (χ2n) is 6.83. The summed E-state index contributed by atoms with van der Waals surface area (Å²) in [4.78, 5) is 14.2. The lowest BCUT2D eigenvalue weighted by Gasteiger charge is -2.22. The minimum atomic E-state index is -3.72. The molecule has 0 unspecified atom stereocenters. The average molecular weight is 405 g/mol. The van der Waals surface area contributed by atoms with Crippen LogP contribution in [0.25, 0.3) is 0 Å². The molecule has 0 aliphatic carbocycles. The molecule has 28 heavy (non-hydrogen) atoms. The van der Waals surface area contributed by atoms with Gasteiger partial charge in [0.2, 0.25) is 15.9 Å². The van der Waals surface area contributed by atoms with Crippen LogP contribution in [0.5, 0.6) is 5.75 Å². The molecule has 0 heterocycles. The van der Waals surface area contributed by atoms with Gasteiger partial charge in [0.1, 0.15) is 5.75 Å². The van der Waals surface area contributed by atoms with Crippen molar-refractivity contribution in [3.8, 4) is 5.75 Å². The first kappa shape index (κ1) is 21.9. The SMILES string of the molecule is CCOc1ccc(CN(C)C(=O)CN(C)S(=O)(=O)c2ccc(C)c(C)c2)cc1. The highest BCUT2D eigenvalue weighted by atomic mass is 32.2. The normalized spacial score (nSPS) is 11.5. The van der Waals surface area contributed by atoms with E-state index < -0.39 is 10.0 Å². The molecule has 0 saturated heterocycles. The summed E-state index contributed by atoms with van der Waals surface area (Å²) < 4.78 is 32.0. The number of amides is 1. The van der Waals surface area contributed by atoms with E-state index in [1.54, 1.807) is 25.2 Å². The van der Waals surface area contributed by atoms with Crippen molar-refractivity contribution in [1.82, 2.24) is 9.21 Å². The van der Waals surface area contributed by atoms with Gasteiger partial charge >= 0.3 is 0 Å². The number of benzene rings is 2. The van der Waals surface area contributed by atoms with Crippen LogP contribution in [0.2, 0.25) is 0 Å². The minimum absolute atomic E-state index is 0.195. The third-order valence-corrected chi connectivity index (χ3v) is 6.42. The number of hydrogen-bond donors (Lipinski definition) is 0. The zero-order valence-electron chi connectivity index (χ0n) is 17.1. The molecule has 152 valence electrons. The van der Waals surface area contributed by atoms with Crippen LogP contribution in [0.4, 0.5) is 0 Å². The largest absolute Gasteiger partial charge is 0.494 e. The number of carbonyl (C=O) groups is 1. The Morgan fingerprint density at radius 2 is 1.64 bits per heavy atom. The van der Waals surface area contributed by atoms with Crippen molar-refractivity contribution in [2.75, 3.05) is 27.2 Å². The number of sulfonamides is 1. The Kier molecular flexibility index (Phi) is 7.21. The monoisotopic (exact) mass is 404 g/mol. The zero-order valence-corrected chi connectivity index (χ0v) is 17.9. The molecular weight excluding hydrogens is 376 g/mol. The summed E-state index contributed by atoms with van der Waals surface area (Å²) in [6, 6.07) is 12.5. The Hall–Kier alpha value is -2.38. The molecule has 2 rings (SSSR count). The Morgan fingerprint density at radius 3 is 2.21 bits per heavy atom. The van der Waals surface area contributed by atoms with Crippen LogP contribution in [-0.4, -0.2) is 50.8 Å². The van der Waals surface area contributed by atoms with Gasteiger partial charge in [-0.2, -0.15) is 4.31 Å². The Bertz CT molecular complexity index is 924. The first-order chi connectivity index (χ1) is 13.1. The molecule has 0 radical (unpaired) electrons. The van der Waals surface area contributed by atoms with Crippen molar-refractivity contribution >= 4 is 15.9 Å². The van der Waals surface area contributed by atoms with Crippen molar-refractivity contribution in [3.05, 3.63) is 59.2 Å². The fraction of sp³-hybridized carbons (Fsp3) is 0.381. The van der Waals surface area contributed by atoms with E-state index in [-0.39, 0.29) is 17.3 Å². The van der Waals surface area contributed by atoms with E-state index in [1.165, 1.54) is 11.9 Å². The molecule has 0 aromatic heterocycles. The maximum Gasteiger partial charge on any atom is 0.243 e. The fourth-order valence-electron chi connectivity index (χ4n) is 2.67. The van der Waals surface area contributed by atoms with Crippen molar-refractivity contribution < 1.29 is 17.9 Å². The average Bonchev–Trinajstić information content (AvgIpc) is 2.65. The van der Waals surface area contributed by atoms with Crippen molar-refractivity contribution in [3.63, 3.8) is 0 Å². The highest BCUT2D eigenvalue weighted by Gasteiger charge is 2.24. The summed E-state index contributed by atoms with van der Waals surface area (Å²) in [5.41, 5.74) is 2.86. The van der Waals surface area contributed by atoms with Crippen LogP contribution in [0, 0.1) is 13.8 Å². The van der Waals surface area contributed by atoms with Gasteiger partial charge in [0.25, 0.3) is 0 Å². The molecule has 6 nitrogen and oxygen atoms in total. The molecule has 0 aliphatic rings. The lowest BCUT2D eigenvalue weighted by molar-refractivity contribution is -0.130. The van der Waals surface area contributed by atoms with Gasteiger partial charge in [0.15, 0.2) is 0 Å². The van der Waals surface area contributed by atoms with Gasteiger partial charge in [-0.05, 0) is 61.7 Å². The van der Waals surface area contributed by atoms with E-state index >= 15 is 0 Å². The number of carbonyl (C=O) groups excluding carboxylic acids is 1. The number of hydrogen-bond acceptors (Lipinski definition) is 4. The number of nitrogens with zero attached hydrogens (tertiary/aromatic N) is 2. The molecule has 0 bridgehead atoms. The van der Waals surface area contributed by atoms with Crippen LogP contribution in [0.3, 0.4) is 0 Å². The number of aryl methyl sites for hydroxylation is 2. The molecule has 0 atom stereocenters. The summed E-state index contributed by atoms with van der Waals surface area (Å²) in [7, 11) is -0.637.